The Morgan fingerprint density at radius 3 is 2.55 bits per heavy atom. The lowest BCUT2D eigenvalue weighted by atomic mass is 10.3. The van der Waals surface area contributed by atoms with Crippen molar-refractivity contribution in [2.24, 2.45) is 0 Å². The van der Waals surface area contributed by atoms with Crippen LogP contribution in [-0.2, 0) is 4.79 Å². The fraction of sp³-hybridized carbons (Fsp3) is 0.875. The Balaban J connectivity index is 3.58. The van der Waals surface area contributed by atoms with E-state index >= 15 is 0 Å². The lowest BCUT2D eigenvalue weighted by Crippen LogP contribution is -2.28. The Kier molecular flexibility index (Phi) is 6.54. The van der Waals surface area contributed by atoms with Crippen molar-refractivity contribution in [1.29, 1.82) is 0 Å². The Hall–Kier alpha value is -0.100. The van der Waals surface area contributed by atoms with E-state index in [4.69, 9.17) is 0 Å². The third-order valence-corrected chi connectivity index (χ3v) is 2.34. The van der Waals surface area contributed by atoms with Gasteiger partial charge in [0.25, 0.3) is 0 Å². The fourth-order valence-electron chi connectivity index (χ4n) is 0.905. The van der Waals surface area contributed by atoms with Gasteiger partial charge in [-0.2, -0.15) is 0 Å². The van der Waals surface area contributed by atoms with Crippen molar-refractivity contribution in [3.05, 3.63) is 0 Å². The van der Waals surface area contributed by atoms with Crippen LogP contribution in [0.3, 0.4) is 0 Å². The number of hydrogen-bond acceptors (Lipinski definition) is 1. The molecular weight excluding hydrogens is 157 g/mol. The van der Waals surface area contributed by atoms with Crippen molar-refractivity contribution in [2.75, 3.05) is 13.1 Å². The van der Waals surface area contributed by atoms with E-state index in [1.807, 2.05) is 4.90 Å². The summed E-state index contributed by atoms with van der Waals surface area (Å²) in [4.78, 5) is 12.3. The van der Waals surface area contributed by atoms with Gasteiger partial charge in [0.05, 0.1) is 0 Å². The minimum Gasteiger partial charge on any atom is -0.345 e. The largest absolute Gasteiger partial charge is 0.345 e. The molecule has 11 heavy (non-hydrogen) atoms. The fourth-order valence-corrected chi connectivity index (χ4v) is 1.18. The van der Waals surface area contributed by atoms with Crippen LogP contribution in [0.2, 0.25) is 0 Å². The molecule has 0 rings (SSSR count). The Bertz CT molecular complexity index is 108. The van der Waals surface area contributed by atoms with Gasteiger partial charge in [0.15, 0.2) is 0 Å². The molecule has 0 aliphatic rings. The second kappa shape index (κ2) is 6.60. The molecule has 2 atom stereocenters. The number of hydrogen-bond donors (Lipinski definition) is 0. The van der Waals surface area contributed by atoms with Gasteiger partial charge >= 0.3 is 0 Å². The van der Waals surface area contributed by atoms with E-state index in [1.54, 1.807) is 0 Å². The predicted molar refractivity (Wildman–Crippen MR) is 51.7 cm³/mol. The van der Waals surface area contributed by atoms with Gasteiger partial charge in [0.2, 0.25) is 6.41 Å². The molecule has 2 unspecified atom stereocenters. The maximum Gasteiger partial charge on any atom is 0.209 e. The second-order valence-electron chi connectivity index (χ2n) is 2.77. The summed E-state index contributed by atoms with van der Waals surface area (Å²) in [5.41, 5.74) is 0.548. The molecule has 0 radical (unpaired) electrons. The van der Waals surface area contributed by atoms with Crippen molar-refractivity contribution >= 4 is 15.6 Å². The Morgan fingerprint density at radius 1 is 1.55 bits per heavy atom. The molecule has 0 fully saturated rings. The molecule has 0 N–H and O–H groups in total. The minimum atomic E-state index is 0.548. The highest BCUT2D eigenvalue weighted by Crippen LogP contribution is 2.06. The molecule has 2 nitrogen and oxygen atoms in total. The Morgan fingerprint density at radius 2 is 2.18 bits per heavy atom. The van der Waals surface area contributed by atoms with Crippen LogP contribution < -0.4 is 0 Å². The van der Waals surface area contributed by atoms with E-state index in [-0.39, 0.29) is 0 Å². The molecule has 0 bridgehead atoms. The van der Waals surface area contributed by atoms with E-state index in [9.17, 15) is 4.79 Å². The monoisotopic (exact) mass is 175 g/mol. The summed E-state index contributed by atoms with van der Waals surface area (Å²) in [7, 11) is 2.76. The summed E-state index contributed by atoms with van der Waals surface area (Å²) in [5, 5.41) is 0. The van der Waals surface area contributed by atoms with Gasteiger partial charge in [-0.25, -0.2) is 0 Å². The van der Waals surface area contributed by atoms with Crippen molar-refractivity contribution in [1.82, 2.24) is 4.90 Å². The maximum atomic E-state index is 10.5. The zero-order valence-electron chi connectivity index (χ0n) is 7.42. The summed E-state index contributed by atoms with van der Waals surface area (Å²) >= 11 is 0. The van der Waals surface area contributed by atoms with E-state index in [1.165, 1.54) is 0 Å². The van der Waals surface area contributed by atoms with Gasteiger partial charge in [-0.05, 0) is 18.5 Å². The van der Waals surface area contributed by atoms with Crippen molar-refractivity contribution in [2.45, 2.75) is 32.3 Å². The number of carbonyl (C=O) groups excluding carboxylic acids is 1. The van der Waals surface area contributed by atoms with Crippen LogP contribution in [-0.4, -0.2) is 30.1 Å². The summed E-state index contributed by atoms with van der Waals surface area (Å²) in [6, 6.07) is 0. The molecule has 1 amide bonds. The zero-order valence-corrected chi connectivity index (χ0v) is 8.57. The average molecular weight is 175 g/mol. The maximum absolute atomic E-state index is 10.5. The van der Waals surface area contributed by atoms with Crippen LogP contribution >= 0.6 is 9.24 Å². The number of amides is 1. The van der Waals surface area contributed by atoms with Crippen LogP contribution in [0.1, 0.15) is 26.7 Å². The smallest absolute Gasteiger partial charge is 0.209 e. The first-order valence-electron chi connectivity index (χ1n) is 4.19. The molecule has 66 valence electrons. The minimum absolute atomic E-state index is 0.548. The number of carbonyl (C=O) groups is 1. The molecule has 0 spiro atoms. The Labute approximate surface area is 71.5 Å². The van der Waals surface area contributed by atoms with Crippen LogP contribution in [0, 0.1) is 0 Å². The third kappa shape index (κ3) is 5.20. The molecule has 0 aromatic heterocycles. The second-order valence-corrected chi connectivity index (χ2v) is 3.71. The average Bonchev–Trinajstić information content (AvgIpc) is 2.03. The standard InChI is InChI=1S/C8H18NOP/c1-3-5-9(7-10)6-8(11)4-2/h7-8H,3-6,11H2,1-2H3. The van der Waals surface area contributed by atoms with Crippen molar-refractivity contribution in [3.63, 3.8) is 0 Å². The molecular formula is C8H18NOP. The summed E-state index contributed by atoms with van der Waals surface area (Å²) < 4.78 is 0. The lowest BCUT2D eigenvalue weighted by molar-refractivity contribution is -0.118. The summed E-state index contributed by atoms with van der Waals surface area (Å²) in [5.74, 6) is 0. The zero-order chi connectivity index (χ0) is 8.69. The van der Waals surface area contributed by atoms with Gasteiger partial charge in [-0.1, -0.05) is 13.8 Å². The van der Waals surface area contributed by atoms with Crippen molar-refractivity contribution < 1.29 is 4.79 Å². The van der Waals surface area contributed by atoms with Gasteiger partial charge in [-0.3, -0.25) is 4.79 Å². The van der Waals surface area contributed by atoms with Crippen LogP contribution in [0.25, 0.3) is 0 Å². The van der Waals surface area contributed by atoms with Crippen molar-refractivity contribution in [3.8, 4) is 0 Å². The summed E-state index contributed by atoms with van der Waals surface area (Å²) in [6.07, 6.45) is 3.09. The lowest BCUT2D eigenvalue weighted by Gasteiger charge is -2.19. The highest BCUT2D eigenvalue weighted by molar-refractivity contribution is 7.17. The van der Waals surface area contributed by atoms with Crippen LogP contribution in [0.15, 0.2) is 0 Å². The van der Waals surface area contributed by atoms with Gasteiger partial charge in [0, 0.05) is 13.1 Å². The van der Waals surface area contributed by atoms with Gasteiger partial charge in [0.1, 0.15) is 0 Å². The SMILES string of the molecule is CCCN(C=O)CC(P)CC. The molecule has 3 heteroatoms. The highest BCUT2D eigenvalue weighted by atomic mass is 31.0. The molecule has 0 aliphatic carbocycles. The molecule has 0 aliphatic heterocycles. The van der Waals surface area contributed by atoms with E-state index in [2.05, 4.69) is 23.1 Å². The first kappa shape index (κ1) is 10.9. The number of nitrogens with zero attached hydrogens (tertiary/aromatic N) is 1. The third-order valence-electron chi connectivity index (χ3n) is 1.65. The molecule has 0 saturated carbocycles. The van der Waals surface area contributed by atoms with Crippen LogP contribution in [0.5, 0.6) is 0 Å². The molecule has 0 saturated heterocycles. The van der Waals surface area contributed by atoms with Crippen LogP contribution in [0.4, 0.5) is 0 Å². The first-order chi connectivity index (χ1) is 5.24. The number of rotatable bonds is 6. The van der Waals surface area contributed by atoms with Gasteiger partial charge < -0.3 is 4.90 Å². The van der Waals surface area contributed by atoms with E-state index < -0.39 is 0 Å². The van der Waals surface area contributed by atoms with E-state index in [0.29, 0.717) is 5.66 Å². The first-order valence-corrected chi connectivity index (χ1v) is 4.86. The predicted octanol–water partition coefficient (Wildman–Crippen LogP) is 1.51. The quantitative estimate of drug-likeness (QED) is 0.442. The van der Waals surface area contributed by atoms with Gasteiger partial charge in [-0.15, -0.1) is 9.24 Å². The molecule has 0 aromatic rings. The summed E-state index contributed by atoms with van der Waals surface area (Å²) in [6.45, 7) is 5.97. The normalized spacial score (nSPS) is 12.6. The highest BCUT2D eigenvalue weighted by Gasteiger charge is 2.04. The topological polar surface area (TPSA) is 20.3 Å². The van der Waals surface area contributed by atoms with E-state index in [0.717, 1.165) is 32.3 Å². The molecule has 0 aromatic carbocycles. The molecule has 0 heterocycles.